The standard InChI is InChI=1S/C28H40N4O5/c1-36-18-17-30-13-15-31(16-14-30)22-9-7-21(8-10-22)27(34)29-25(20-5-3-2-4-6-20)28(35)32-12-11-24-26(32)23(33)19-37-24/h7-10,20,24-26H,2-6,11-19H2,1H3,(H,29,34)/t24-,25?,26-/m1/s1. The van der Waals surface area contributed by atoms with Gasteiger partial charge in [0.1, 0.15) is 18.7 Å². The van der Waals surface area contributed by atoms with Crippen molar-refractivity contribution in [2.75, 3.05) is 64.5 Å². The lowest BCUT2D eigenvalue weighted by molar-refractivity contribution is -0.139. The molecular weight excluding hydrogens is 472 g/mol. The minimum atomic E-state index is -0.611. The fourth-order valence-electron chi connectivity index (χ4n) is 6.37. The molecule has 1 saturated carbocycles. The first-order valence-corrected chi connectivity index (χ1v) is 13.9. The predicted molar refractivity (Wildman–Crippen MR) is 140 cm³/mol. The Balaban J connectivity index is 1.24. The van der Waals surface area contributed by atoms with Gasteiger partial charge in [0.2, 0.25) is 5.91 Å². The molecule has 1 N–H and O–H groups in total. The minimum absolute atomic E-state index is 0.0281. The van der Waals surface area contributed by atoms with Crippen molar-refractivity contribution in [2.45, 2.75) is 56.7 Å². The van der Waals surface area contributed by atoms with Crippen molar-refractivity contribution in [2.24, 2.45) is 5.92 Å². The van der Waals surface area contributed by atoms with Gasteiger partial charge in [-0.2, -0.15) is 0 Å². The molecule has 1 aromatic rings. The zero-order valence-electron chi connectivity index (χ0n) is 21.9. The number of amides is 2. The van der Waals surface area contributed by atoms with Crippen LogP contribution in [-0.2, 0) is 19.1 Å². The number of anilines is 1. The molecule has 9 heteroatoms. The number of carbonyl (C=O) groups excluding carboxylic acids is 3. The van der Waals surface area contributed by atoms with Gasteiger partial charge in [-0.25, -0.2) is 0 Å². The van der Waals surface area contributed by atoms with Crippen molar-refractivity contribution >= 4 is 23.3 Å². The number of benzene rings is 1. The lowest BCUT2D eigenvalue weighted by Gasteiger charge is -2.36. The van der Waals surface area contributed by atoms with Crippen LogP contribution in [0.3, 0.4) is 0 Å². The molecule has 2 amide bonds. The predicted octanol–water partition coefficient (Wildman–Crippen LogP) is 1.70. The molecule has 0 aromatic heterocycles. The molecule has 9 nitrogen and oxygen atoms in total. The van der Waals surface area contributed by atoms with Crippen LogP contribution in [0, 0.1) is 5.92 Å². The van der Waals surface area contributed by atoms with Crippen molar-refractivity contribution in [3.05, 3.63) is 29.8 Å². The molecule has 3 atom stereocenters. The molecule has 3 saturated heterocycles. The van der Waals surface area contributed by atoms with Crippen LogP contribution in [0.5, 0.6) is 0 Å². The summed E-state index contributed by atoms with van der Waals surface area (Å²) >= 11 is 0. The molecule has 3 aliphatic heterocycles. The number of nitrogens with one attached hydrogen (secondary N) is 1. The Bertz CT molecular complexity index is 956. The summed E-state index contributed by atoms with van der Waals surface area (Å²) in [4.78, 5) is 45.9. The number of methoxy groups -OCH3 is 1. The third-order valence-corrected chi connectivity index (χ3v) is 8.55. The number of piperazine rings is 1. The van der Waals surface area contributed by atoms with Crippen LogP contribution in [0.2, 0.25) is 0 Å². The van der Waals surface area contributed by atoms with Crippen LogP contribution in [0.1, 0.15) is 48.9 Å². The normalized spacial score (nSPS) is 25.8. The van der Waals surface area contributed by atoms with Crippen molar-refractivity contribution in [3.63, 3.8) is 0 Å². The zero-order valence-corrected chi connectivity index (χ0v) is 21.9. The van der Waals surface area contributed by atoms with E-state index in [0.29, 0.717) is 18.5 Å². The Hall–Kier alpha value is -2.49. The van der Waals surface area contributed by atoms with Gasteiger partial charge in [0.25, 0.3) is 5.91 Å². The van der Waals surface area contributed by atoms with Gasteiger partial charge in [-0.15, -0.1) is 0 Å². The van der Waals surface area contributed by atoms with E-state index in [9.17, 15) is 14.4 Å². The quantitative estimate of drug-likeness (QED) is 0.567. The zero-order chi connectivity index (χ0) is 25.8. The SMILES string of the molecule is COCCN1CCN(c2ccc(C(=O)NC(C(=O)N3CC[C@H]4OCC(=O)[C@H]43)C3CCCCC3)cc2)CC1. The van der Waals surface area contributed by atoms with Crippen LogP contribution >= 0.6 is 0 Å². The molecule has 0 radical (unpaired) electrons. The third-order valence-electron chi connectivity index (χ3n) is 8.55. The maximum absolute atomic E-state index is 13.7. The highest BCUT2D eigenvalue weighted by Crippen LogP contribution is 2.32. The Morgan fingerprint density at radius 2 is 1.76 bits per heavy atom. The molecule has 1 aliphatic carbocycles. The van der Waals surface area contributed by atoms with E-state index in [0.717, 1.165) is 77.1 Å². The molecule has 1 aromatic carbocycles. The van der Waals surface area contributed by atoms with Crippen molar-refractivity contribution in [3.8, 4) is 0 Å². The Morgan fingerprint density at radius 3 is 2.46 bits per heavy atom. The number of Topliss-reactive ketones (excluding diaryl/α,β-unsaturated/α-hetero) is 1. The summed E-state index contributed by atoms with van der Waals surface area (Å²) in [5, 5.41) is 3.08. The maximum atomic E-state index is 13.7. The van der Waals surface area contributed by atoms with E-state index >= 15 is 0 Å². The van der Waals surface area contributed by atoms with Crippen LogP contribution < -0.4 is 10.2 Å². The summed E-state index contributed by atoms with van der Waals surface area (Å²) < 4.78 is 10.8. The number of ether oxygens (including phenoxy) is 2. The monoisotopic (exact) mass is 512 g/mol. The Kier molecular flexibility index (Phi) is 8.42. The summed E-state index contributed by atoms with van der Waals surface area (Å²) in [5.74, 6) is -0.297. The topological polar surface area (TPSA) is 91.4 Å². The number of ketones is 1. The van der Waals surface area contributed by atoms with Gasteiger partial charge in [-0.3, -0.25) is 19.3 Å². The van der Waals surface area contributed by atoms with Crippen LogP contribution in [-0.4, -0.2) is 105 Å². The van der Waals surface area contributed by atoms with Gasteiger partial charge in [-0.05, 0) is 49.4 Å². The first kappa shape index (κ1) is 26.1. The van der Waals surface area contributed by atoms with Gasteiger partial charge in [0.15, 0.2) is 5.78 Å². The number of hydrogen-bond acceptors (Lipinski definition) is 7. The second kappa shape index (κ2) is 11.9. The Labute approximate surface area is 219 Å². The minimum Gasteiger partial charge on any atom is -0.383 e. The van der Waals surface area contributed by atoms with Crippen molar-refractivity contribution < 1.29 is 23.9 Å². The molecule has 0 bridgehead atoms. The molecule has 1 unspecified atom stereocenters. The fraction of sp³-hybridized carbons (Fsp3) is 0.679. The lowest BCUT2D eigenvalue weighted by Crippen LogP contribution is -2.55. The van der Waals surface area contributed by atoms with Gasteiger partial charge >= 0.3 is 0 Å². The Morgan fingerprint density at radius 1 is 1.03 bits per heavy atom. The number of hydrogen-bond donors (Lipinski definition) is 1. The van der Waals surface area contributed by atoms with E-state index in [2.05, 4.69) is 15.1 Å². The van der Waals surface area contributed by atoms with E-state index < -0.39 is 12.1 Å². The molecule has 202 valence electrons. The van der Waals surface area contributed by atoms with Gasteiger partial charge in [-0.1, -0.05) is 19.3 Å². The largest absolute Gasteiger partial charge is 0.383 e. The summed E-state index contributed by atoms with van der Waals surface area (Å²) in [6.07, 6.45) is 5.59. The van der Waals surface area contributed by atoms with E-state index in [1.807, 2.05) is 24.3 Å². The van der Waals surface area contributed by atoms with Gasteiger partial charge in [0, 0.05) is 57.6 Å². The fourth-order valence-corrected chi connectivity index (χ4v) is 6.37. The van der Waals surface area contributed by atoms with E-state index in [4.69, 9.17) is 9.47 Å². The molecule has 4 fully saturated rings. The first-order valence-electron chi connectivity index (χ1n) is 13.9. The molecule has 37 heavy (non-hydrogen) atoms. The van der Waals surface area contributed by atoms with Gasteiger partial charge < -0.3 is 24.6 Å². The third kappa shape index (κ3) is 5.84. The van der Waals surface area contributed by atoms with E-state index in [-0.39, 0.29) is 36.2 Å². The maximum Gasteiger partial charge on any atom is 0.251 e. The molecule has 0 spiro atoms. The second-order valence-corrected chi connectivity index (χ2v) is 10.8. The molecular formula is C28H40N4O5. The molecule has 4 aliphatic rings. The second-order valence-electron chi connectivity index (χ2n) is 10.8. The smallest absolute Gasteiger partial charge is 0.251 e. The summed E-state index contributed by atoms with van der Waals surface area (Å²) in [7, 11) is 1.73. The summed E-state index contributed by atoms with van der Waals surface area (Å²) in [6.45, 7) is 6.13. The van der Waals surface area contributed by atoms with E-state index in [1.165, 1.54) is 0 Å². The average Bonchev–Trinajstić information content (AvgIpc) is 3.54. The van der Waals surface area contributed by atoms with Gasteiger partial charge in [0.05, 0.1) is 12.7 Å². The van der Waals surface area contributed by atoms with Crippen molar-refractivity contribution in [1.29, 1.82) is 0 Å². The first-order chi connectivity index (χ1) is 18.0. The van der Waals surface area contributed by atoms with Crippen molar-refractivity contribution in [1.82, 2.24) is 15.1 Å². The summed E-state index contributed by atoms with van der Waals surface area (Å²) in [6, 6.07) is 6.59. The number of nitrogens with zero attached hydrogens (tertiary/aromatic N) is 3. The number of carbonyl (C=O) groups is 3. The van der Waals surface area contributed by atoms with E-state index in [1.54, 1.807) is 12.0 Å². The highest BCUT2D eigenvalue weighted by atomic mass is 16.5. The highest BCUT2D eigenvalue weighted by Gasteiger charge is 2.49. The molecule has 5 rings (SSSR count). The molecule has 3 heterocycles. The summed E-state index contributed by atoms with van der Waals surface area (Å²) in [5.41, 5.74) is 1.65. The van der Waals surface area contributed by atoms with Crippen LogP contribution in [0.25, 0.3) is 0 Å². The van der Waals surface area contributed by atoms with Crippen LogP contribution in [0.4, 0.5) is 5.69 Å². The number of likely N-dealkylation sites (tertiary alicyclic amines) is 1. The highest BCUT2D eigenvalue weighted by molar-refractivity contribution is 5.99. The number of rotatable bonds is 8. The van der Waals surface area contributed by atoms with Crippen LogP contribution in [0.15, 0.2) is 24.3 Å². The lowest BCUT2D eigenvalue weighted by atomic mass is 9.83. The average molecular weight is 513 g/mol. The number of fused-ring (bicyclic) bond motifs is 1.